The van der Waals surface area contributed by atoms with Crippen LogP contribution in [-0.4, -0.2) is 30.1 Å². The third-order valence-corrected chi connectivity index (χ3v) is 2.62. The van der Waals surface area contributed by atoms with Crippen molar-refractivity contribution in [2.75, 3.05) is 13.1 Å². The maximum Gasteiger partial charge on any atom is 0.217 e. The van der Waals surface area contributed by atoms with Gasteiger partial charge in [-0.3, -0.25) is 9.78 Å². The Bertz CT molecular complexity index is 389. The highest BCUT2D eigenvalue weighted by atomic mass is 16.5. The van der Waals surface area contributed by atoms with Crippen LogP contribution in [0.3, 0.4) is 0 Å². The van der Waals surface area contributed by atoms with Gasteiger partial charge in [0.1, 0.15) is 11.9 Å². The van der Waals surface area contributed by atoms with Gasteiger partial charge in [-0.05, 0) is 19.0 Å². The third-order valence-electron chi connectivity index (χ3n) is 2.62. The summed E-state index contributed by atoms with van der Waals surface area (Å²) >= 11 is 0. The van der Waals surface area contributed by atoms with E-state index in [4.69, 9.17) is 4.74 Å². The van der Waals surface area contributed by atoms with Crippen LogP contribution in [0, 0.1) is 0 Å². The molecule has 2 N–H and O–H groups in total. The standard InChI is InChI=1S/C12H17N3O2/c1-9(16)15-7-10-6-11(3-5-14-10)17-12-2-4-13-8-12/h3,5-6,12-13H,2,4,7-8H2,1H3,(H,15,16). The number of nitrogens with zero attached hydrogens (tertiary/aromatic N) is 1. The quantitative estimate of drug-likeness (QED) is 0.795. The highest BCUT2D eigenvalue weighted by molar-refractivity contribution is 5.72. The molecule has 1 aromatic rings. The molecule has 1 fully saturated rings. The SMILES string of the molecule is CC(=O)NCc1cc(OC2CCNC2)ccn1. The number of rotatable bonds is 4. The average Bonchev–Trinajstić information content (AvgIpc) is 2.80. The maximum atomic E-state index is 10.8. The van der Waals surface area contributed by atoms with E-state index in [0.717, 1.165) is 31.0 Å². The van der Waals surface area contributed by atoms with Crippen molar-refractivity contribution < 1.29 is 9.53 Å². The van der Waals surface area contributed by atoms with E-state index in [0.29, 0.717) is 6.54 Å². The second-order valence-electron chi connectivity index (χ2n) is 4.13. The van der Waals surface area contributed by atoms with Gasteiger partial charge in [-0.2, -0.15) is 0 Å². The van der Waals surface area contributed by atoms with E-state index < -0.39 is 0 Å². The normalized spacial score (nSPS) is 19.0. The summed E-state index contributed by atoms with van der Waals surface area (Å²) in [5.41, 5.74) is 0.809. The van der Waals surface area contributed by atoms with Crippen LogP contribution in [0.1, 0.15) is 19.0 Å². The molecule has 1 aromatic heterocycles. The Morgan fingerprint density at radius 3 is 3.29 bits per heavy atom. The monoisotopic (exact) mass is 235 g/mol. The molecule has 1 amide bonds. The fourth-order valence-electron chi connectivity index (χ4n) is 1.76. The smallest absolute Gasteiger partial charge is 0.217 e. The predicted octanol–water partition coefficient (Wildman–Crippen LogP) is 0.458. The van der Waals surface area contributed by atoms with Crippen LogP contribution in [0.25, 0.3) is 0 Å². The topological polar surface area (TPSA) is 63.2 Å². The lowest BCUT2D eigenvalue weighted by Crippen LogP contribution is -2.21. The molecule has 17 heavy (non-hydrogen) atoms. The highest BCUT2D eigenvalue weighted by Gasteiger charge is 2.15. The van der Waals surface area contributed by atoms with Crippen molar-refractivity contribution in [3.8, 4) is 5.75 Å². The van der Waals surface area contributed by atoms with Crippen molar-refractivity contribution >= 4 is 5.91 Å². The molecule has 5 nitrogen and oxygen atoms in total. The van der Waals surface area contributed by atoms with Crippen molar-refractivity contribution in [1.82, 2.24) is 15.6 Å². The second-order valence-corrected chi connectivity index (χ2v) is 4.13. The molecule has 1 aliphatic rings. The molecule has 0 aromatic carbocycles. The molecular weight excluding hydrogens is 218 g/mol. The van der Waals surface area contributed by atoms with Crippen LogP contribution in [0.5, 0.6) is 5.75 Å². The van der Waals surface area contributed by atoms with E-state index in [-0.39, 0.29) is 12.0 Å². The first-order chi connectivity index (χ1) is 8.24. The second kappa shape index (κ2) is 5.63. The fourth-order valence-corrected chi connectivity index (χ4v) is 1.76. The zero-order valence-electron chi connectivity index (χ0n) is 9.90. The van der Waals surface area contributed by atoms with Gasteiger partial charge in [0.25, 0.3) is 0 Å². The minimum Gasteiger partial charge on any atom is -0.489 e. The number of aromatic nitrogens is 1. The van der Waals surface area contributed by atoms with Crippen LogP contribution in [0.15, 0.2) is 18.3 Å². The number of nitrogens with one attached hydrogen (secondary N) is 2. The van der Waals surface area contributed by atoms with E-state index in [9.17, 15) is 4.79 Å². The van der Waals surface area contributed by atoms with Crippen LogP contribution >= 0.6 is 0 Å². The molecule has 1 aliphatic heterocycles. The summed E-state index contributed by atoms with van der Waals surface area (Å²) in [6.45, 7) is 3.83. The molecule has 0 saturated carbocycles. The van der Waals surface area contributed by atoms with E-state index in [1.165, 1.54) is 6.92 Å². The van der Waals surface area contributed by atoms with Gasteiger partial charge in [0.05, 0.1) is 12.2 Å². The lowest BCUT2D eigenvalue weighted by Gasteiger charge is -2.12. The molecule has 0 spiro atoms. The molecule has 0 bridgehead atoms. The van der Waals surface area contributed by atoms with Gasteiger partial charge in [-0.15, -0.1) is 0 Å². The van der Waals surface area contributed by atoms with E-state index in [2.05, 4.69) is 15.6 Å². The number of ether oxygens (including phenoxy) is 1. The summed E-state index contributed by atoms with van der Waals surface area (Å²) in [7, 11) is 0. The first-order valence-corrected chi connectivity index (χ1v) is 5.81. The number of carbonyl (C=O) groups excluding carboxylic acids is 1. The van der Waals surface area contributed by atoms with E-state index >= 15 is 0 Å². The Kier molecular flexibility index (Phi) is 3.93. The number of hydrogen-bond acceptors (Lipinski definition) is 4. The van der Waals surface area contributed by atoms with Gasteiger partial charge in [0.15, 0.2) is 0 Å². The number of carbonyl (C=O) groups is 1. The minimum atomic E-state index is -0.0573. The van der Waals surface area contributed by atoms with Crippen LogP contribution < -0.4 is 15.4 Å². The van der Waals surface area contributed by atoms with Crippen molar-refractivity contribution in [3.05, 3.63) is 24.0 Å². The number of amides is 1. The van der Waals surface area contributed by atoms with Crippen molar-refractivity contribution in [2.45, 2.75) is 26.0 Å². The fraction of sp³-hybridized carbons (Fsp3) is 0.500. The zero-order valence-corrected chi connectivity index (χ0v) is 9.90. The summed E-state index contributed by atoms with van der Waals surface area (Å²) in [5.74, 6) is 0.757. The largest absolute Gasteiger partial charge is 0.489 e. The third kappa shape index (κ3) is 3.71. The maximum absolute atomic E-state index is 10.8. The molecule has 2 heterocycles. The molecule has 5 heteroatoms. The number of hydrogen-bond donors (Lipinski definition) is 2. The van der Waals surface area contributed by atoms with Crippen molar-refractivity contribution in [2.24, 2.45) is 0 Å². The molecule has 1 atom stereocenters. The molecule has 92 valence electrons. The summed E-state index contributed by atoms with van der Waals surface area (Å²) in [4.78, 5) is 15.0. The zero-order chi connectivity index (χ0) is 12.1. The van der Waals surface area contributed by atoms with Gasteiger partial charge < -0.3 is 15.4 Å². The number of pyridine rings is 1. The highest BCUT2D eigenvalue weighted by Crippen LogP contribution is 2.15. The van der Waals surface area contributed by atoms with Crippen LogP contribution in [-0.2, 0) is 11.3 Å². The van der Waals surface area contributed by atoms with Crippen molar-refractivity contribution in [3.63, 3.8) is 0 Å². The van der Waals surface area contributed by atoms with Crippen LogP contribution in [0.2, 0.25) is 0 Å². The Hall–Kier alpha value is -1.62. The van der Waals surface area contributed by atoms with Crippen molar-refractivity contribution in [1.29, 1.82) is 0 Å². The van der Waals surface area contributed by atoms with E-state index in [1.54, 1.807) is 6.20 Å². The molecule has 1 unspecified atom stereocenters. The Morgan fingerprint density at radius 2 is 2.59 bits per heavy atom. The predicted molar refractivity (Wildman–Crippen MR) is 63.7 cm³/mol. The molecule has 1 saturated heterocycles. The Morgan fingerprint density at radius 1 is 1.71 bits per heavy atom. The molecule has 0 aliphatic carbocycles. The summed E-state index contributed by atoms with van der Waals surface area (Å²) in [6, 6.07) is 3.71. The lowest BCUT2D eigenvalue weighted by atomic mass is 10.3. The first-order valence-electron chi connectivity index (χ1n) is 5.81. The lowest BCUT2D eigenvalue weighted by molar-refractivity contribution is -0.119. The van der Waals surface area contributed by atoms with E-state index in [1.807, 2.05) is 12.1 Å². The minimum absolute atomic E-state index is 0.0573. The van der Waals surface area contributed by atoms with Gasteiger partial charge in [0.2, 0.25) is 5.91 Å². The Balaban J connectivity index is 1.93. The molecule has 2 rings (SSSR count). The first kappa shape index (κ1) is 11.9. The van der Waals surface area contributed by atoms with Gasteiger partial charge in [-0.25, -0.2) is 0 Å². The van der Waals surface area contributed by atoms with Gasteiger partial charge >= 0.3 is 0 Å². The molecular formula is C12H17N3O2. The summed E-state index contributed by atoms with van der Waals surface area (Å²) in [5, 5.41) is 5.96. The van der Waals surface area contributed by atoms with Crippen LogP contribution in [0.4, 0.5) is 0 Å². The summed E-state index contributed by atoms with van der Waals surface area (Å²) in [6.07, 6.45) is 2.98. The summed E-state index contributed by atoms with van der Waals surface area (Å²) < 4.78 is 5.81. The molecule has 0 radical (unpaired) electrons. The Labute approximate surface area is 101 Å². The van der Waals surface area contributed by atoms with Gasteiger partial charge in [0, 0.05) is 25.7 Å². The average molecular weight is 235 g/mol. The van der Waals surface area contributed by atoms with Gasteiger partial charge in [-0.1, -0.05) is 0 Å².